The number of thioether (sulfide) groups is 1. The maximum atomic E-state index is 12.0. The summed E-state index contributed by atoms with van der Waals surface area (Å²) in [6.07, 6.45) is 2.15. The average molecular weight is 421 g/mol. The third-order valence-corrected chi connectivity index (χ3v) is 7.47. The van der Waals surface area contributed by atoms with Gasteiger partial charge in [-0.2, -0.15) is 10.2 Å². The molecule has 1 aromatic heterocycles. The van der Waals surface area contributed by atoms with Gasteiger partial charge in [0.15, 0.2) is 9.84 Å². The molecule has 150 valence electrons. The van der Waals surface area contributed by atoms with Crippen LogP contribution in [0.4, 0.5) is 0 Å². The number of aromatic nitrogens is 2. The van der Waals surface area contributed by atoms with E-state index in [0.717, 1.165) is 21.8 Å². The maximum Gasteiger partial charge on any atom is 0.250 e. The lowest BCUT2D eigenvalue weighted by atomic mass is 10.2. The number of rotatable bonds is 6. The van der Waals surface area contributed by atoms with Crippen molar-refractivity contribution in [3.8, 4) is 0 Å². The molecule has 1 atom stereocenters. The summed E-state index contributed by atoms with van der Waals surface area (Å²) in [5.41, 5.74) is 6.13. The first-order valence-electron chi connectivity index (χ1n) is 9.02. The van der Waals surface area contributed by atoms with Crippen molar-refractivity contribution in [2.45, 2.75) is 38.1 Å². The number of carbonyl (C=O) groups is 1. The fourth-order valence-electron chi connectivity index (χ4n) is 3.17. The first-order valence-corrected chi connectivity index (χ1v) is 11.8. The van der Waals surface area contributed by atoms with Gasteiger partial charge in [0, 0.05) is 16.2 Å². The number of carbonyl (C=O) groups excluding carboxylic acids is 1. The summed E-state index contributed by atoms with van der Waals surface area (Å²) in [4.78, 5) is 13.0. The zero-order chi connectivity index (χ0) is 20.3. The molecule has 0 aliphatic carbocycles. The van der Waals surface area contributed by atoms with Gasteiger partial charge >= 0.3 is 0 Å². The first-order chi connectivity index (χ1) is 13.2. The van der Waals surface area contributed by atoms with Gasteiger partial charge in [-0.3, -0.25) is 9.48 Å². The van der Waals surface area contributed by atoms with Crippen molar-refractivity contribution in [1.82, 2.24) is 15.2 Å². The van der Waals surface area contributed by atoms with Gasteiger partial charge in [0.25, 0.3) is 0 Å². The summed E-state index contributed by atoms with van der Waals surface area (Å²) >= 11 is 1.45. The highest BCUT2D eigenvalue weighted by molar-refractivity contribution is 8.00. The Bertz CT molecular complexity index is 995. The Labute approximate surface area is 169 Å². The predicted octanol–water partition coefficient (Wildman–Crippen LogP) is 2.41. The second-order valence-corrected chi connectivity index (χ2v) is 10.3. The van der Waals surface area contributed by atoms with Crippen LogP contribution >= 0.6 is 11.8 Å². The Hall–Kier alpha value is -2.13. The zero-order valence-corrected chi connectivity index (χ0v) is 17.8. The number of amides is 1. The minimum absolute atomic E-state index is 0.124. The van der Waals surface area contributed by atoms with Crippen LogP contribution in [0.1, 0.15) is 35.0 Å². The number of nitrogens with one attached hydrogen (secondary N) is 1. The number of hydrazone groups is 1. The largest absolute Gasteiger partial charge is 0.272 e. The van der Waals surface area contributed by atoms with Gasteiger partial charge in [0.1, 0.15) is 0 Å². The van der Waals surface area contributed by atoms with Crippen LogP contribution in [0.5, 0.6) is 0 Å². The molecule has 1 aliphatic heterocycles. The smallest absolute Gasteiger partial charge is 0.250 e. The van der Waals surface area contributed by atoms with Gasteiger partial charge in [0.2, 0.25) is 5.91 Å². The number of sulfone groups is 1. The normalized spacial score (nSPS) is 18.6. The first kappa shape index (κ1) is 20.6. The molecule has 1 aliphatic rings. The Kier molecular flexibility index (Phi) is 6.24. The van der Waals surface area contributed by atoms with Crippen molar-refractivity contribution in [1.29, 1.82) is 0 Å². The van der Waals surface area contributed by atoms with Crippen LogP contribution < -0.4 is 5.43 Å². The zero-order valence-electron chi connectivity index (χ0n) is 16.2. The molecule has 3 rings (SSSR count). The van der Waals surface area contributed by atoms with E-state index in [2.05, 4.69) is 15.6 Å². The van der Waals surface area contributed by atoms with Crippen molar-refractivity contribution in [3.63, 3.8) is 0 Å². The summed E-state index contributed by atoms with van der Waals surface area (Å²) in [6.45, 7) is 5.76. The molecule has 7 nitrogen and oxygen atoms in total. The van der Waals surface area contributed by atoms with Gasteiger partial charge in [-0.05, 0) is 39.3 Å². The van der Waals surface area contributed by atoms with Crippen LogP contribution in [0, 0.1) is 20.8 Å². The fourth-order valence-corrected chi connectivity index (χ4v) is 5.55. The highest BCUT2D eigenvalue weighted by Crippen LogP contribution is 2.26. The van der Waals surface area contributed by atoms with E-state index in [-0.39, 0.29) is 29.2 Å². The topological polar surface area (TPSA) is 93.4 Å². The molecule has 1 aromatic carbocycles. The van der Waals surface area contributed by atoms with Crippen molar-refractivity contribution in [2.75, 3.05) is 17.3 Å². The van der Waals surface area contributed by atoms with Gasteiger partial charge < -0.3 is 0 Å². The molecule has 1 amide bonds. The molecular weight excluding hydrogens is 396 g/mol. The van der Waals surface area contributed by atoms with E-state index < -0.39 is 9.84 Å². The Balaban J connectivity index is 1.58. The van der Waals surface area contributed by atoms with Gasteiger partial charge in [-0.25, -0.2) is 13.8 Å². The Morgan fingerprint density at radius 1 is 1.32 bits per heavy atom. The van der Waals surface area contributed by atoms with Gasteiger partial charge in [0.05, 0.1) is 35.2 Å². The summed E-state index contributed by atoms with van der Waals surface area (Å²) in [5, 5.41) is 8.53. The van der Waals surface area contributed by atoms with Crippen LogP contribution in [0.25, 0.3) is 0 Å². The number of hydrogen-bond acceptors (Lipinski definition) is 6. The molecule has 1 N–H and O–H groups in total. The summed E-state index contributed by atoms with van der Waals surface area (Å²) in [7, 11) is -2.98. The molecule has 0 radical (unpaired) electrons. The van der Waals surface area contributed by atoms with Gasteiger partial charge in [-0.15, -0.1) is 11.8 Å². The SMILES string of the molecule is Cc1ccc(SCC(=O)N/N=C\c2c(C)nn([C@H]3CCS(=O)(=O)C3)c2C)cc1. The molecule has 2 heterocycles. The van der Waals surface area contributed by atoms with Crippen molar-refractivity contribution in [2.24, 2.45) is 5.10 Å². The van der Waals surface area contributed by atoms with E-state index in [1.807, 2.05) is 45.0 Å². The maximum absolute atomic E-state index is 12.0. The molecule has 0 bridgehead atoms. The van der Waals surface area contributed by atoms with E-state index in [1.54, 1.807) is 10.9 Å². The molecule has 28 heavy (non-hydrogen) atoms. The second-order valence-electron chi connectivity index (χ2n) is 6.98. The molecule has 2 aromatic rings. The van der Waals surface area contributed by atoms with E-state index in [1.165, 1.54) is 17.3 Å². The number of aryl methyl sites for hydroxylation is 2. The third kappa shape index (κ3) is 5.02. The number of benzene rings is 1. The average Bonchev–Trinajstić information content (AvgIpc) is 3.14. The Morgan fingerprint density at radius 3 is 2.68 bits per heavy atom. The lowest BCUT2D eigenvalue weighted by Gasteiger charge is -2.10. The van der Waals surface area contributed by atoms with Gasteiger partial charge in [-0.1, -0.05) is 17.7 Å². The standard InChI is InChI=1S/C19H24N4O3S2/c1-13-4-6-17(7-5-13)27-11-19(24)21-20-10-18-14(2)22-23(15(18)3)16-8-9-28(25,26)12-16/h4-7,10,16H,8-9,11-12H2,1-3H3,(H,21,24)/b20-10-/t16-/m0/s1. The minimum atomic E-state index is -2.98. The molecule has 1 saturated heterocycles. The van der Waals surface area contributed by atoms with Crippen LogP contribution in [0.15, 0.2) is 34.3 Å². The van der Waals surface area contributed by atoms with Crippen LogP contribution in [-0.2, 0) is 14.6 Å². The van der Waals surface area contributed by atoms with Crippen molar-refractivity contribution < 1.29 is 13.2 Å². The minimum Gasteiger partial charge on any atom is -0.272 e. The molecule has 9 heteroatoms. The second kappa shape index (κ2) is 8.48. The van der Waals surface area contributed by atoms with Crippen LogP contribution in [0.3, 0.4) is 0 Å². The van der Waals surface area contributed by atoms with Crippen molar-refractivity contribution >= 4 is 33.7 Å². The number of hydrogen-bond donors (Lipinski definition) is 1. The third-order valence-electron chi connectivity index (χ3n) is 4.71. The molecule has 1 fully saturated rings. The van der Waals surface area contributed by atoms with Crippen molar-refractivity contribution in [3.05, 3.63) is 46.8 Å². The fraction of sp³-hybridized carbons (Fsp3) is 0.421. The summed E-state index contributed by atoms with van der Waals surface area (Å²) in [6, 6.07) is 7.86. The van der Waals surface area contributed by atoms with Crippen LogP contribution in [-0.4, -0.2) is 47.6 Å². The van der Waals surface area contributed by atoms with Crippen LogP contribution in [0.2, 0.25) is 0 Å². The highest BCUT2D eigenvalue weighted by Gasteiger charge is 2.31. The van der Waals surface area contributed by atoms with E-state index in [4.69, 9.17) is 0 Å². The van der Waals surface area contributed by atoms with E-state index >= 15 is 0 Å². The molecular formula is C19H24N4O3S2. The quantitative estimate of drug-likeness (QED) is 0.440. The van der Waals surface area contributed by atoms with E-state index in [9.17, 15) is 13.2 Å². The monoisotopic (exact) mass is 420 g/mol. The van der Waals surface area contributed by atoms with E-state index in [0.29, 0.717) is 6.42 Å². The highest BCUT2D eigenvalue weighted by atomic mass is 32.2. The predicted molar refractivity (Wildman–Crippen MR) is 112 cm³/mol. The Morgan fingerprint density at radius 2 is 2.04 bits per heavy atom. The lowest BCUT2D eigenvalue weighted by molar-refractivity contribution is -0.118. The lowest BCUT2D eigenvalue weighted by Crippen LogP contribution is -2.19. The summed E-state index contributed by atoms with van der Waals surface area (Å²) in [5.74, 6) is 0.413. The summed E-state index contributed by atoms with van der Waals surface area (Å²) < 4.78 is 25.2. The molecule has 0 saturated carbocycles. The number of nitrogens with zero attached hydrogens (tertiary/aromatic N) is 3. The molecule has 0 unspecified atom stereocenters. The molecule has 0 spiro atoms.